The van der Waals surface area contributed by atoms with Gasteiger partial charge < -0.3 is 5.32 Å². The van der Waals surface area contributed by atoms with Crippen molar-refractivity contribution in [3.8, 4) is 0 Å². The molecule has 114 valence electrons. The van der Waals surface area contributed by atoms with E-state index in [0.717, 1.165) is 5.69 Å². The van der Waals surface area contributed by atoms with Crippen molar-refractivity contribution in [3.05, 3.63) is 64.9 Å². The Hall–Kier alpha value is -2.40. The number of amides is 1. The molecule has 2 aromatic rings. The van der Waals surface area contributed by atoms with Gasteiger partial charge in [0.25, 0.3) is 5.91 Å². The van der Waals surface area contributed by atoms with Crippen LogP contribution in [0, 0.1) is 5.82 Å². The maximum absolute atomic E-state index is 13.4. The van der Waals surface area contributed by atoms with Gasteiger partial charge in [-0.1, -0.05) is 29.8 Å². The molecule has 0 heterocycles. The van der Waals surface area contributed by atoms with E-state index in [0.29, 0.717) is 10.6 Å². The van der Waals surface area contributed by atoms with Crippen LogP contribution in [0.4, 0.5) is 10.1 Å². The summed E-state index contributed by atoms with van der Waals surface area (Å²) in [5.74, 6) is -0.727. The number of nitrogens with zero attached hydrogens (tertiary/aromatic N) is 1. The van der Waals surface area contributed by atoms with E-state index < -0.39 is 11.9 Å². The number of hydrogen-bond acceptors (Lipinski definition) is 3. The normalized spacial score (nSPS) is 12.1. The van der Waals surface area contributed by atoms with Gasteiger partial charge in [-0.05, 0) is 37.3 Å². The molecule has 2 N–H and O–H groups in total. The number of halogens is 2. The second-order valence-corrected chi connectivity index (χ2v) is 5.07. The minimum Gasteiger partial charge on any atom is -0.374 e. The minimum atomic E-state index is -0.501. The summed E-state index contributed by atoms with van der Waals surface area (Å²) in [5, 5.41) is 7.39. The Labute approximate surface area is 133 Å². The second-order valence-electron chi connectivity index (χ2n) is 4.63. The highest BCUT2D eigenvalue weighted by Gasteiger charge is 2.11. The first-order valence-corrected chi connectivity index (χ1v) is 7.03. The van der Waals surface area contributed by atoms with Crippen molar-refractivity contribution in [2.75, 3.05) is 5.32 Å². The van der Waals surface area contributed by atoms with Crippen LogP contribution in [0.5, 0.6) is 0 Å². The summed E-state index contributed by atoms with van der Waals surface area (Å²) in [7, 11) is 0. The highest BCUT2D eigenvalue weighted by atomic mass is 35.5. The average molecular weight is 320 g/mol. The van der Waals surface area contributed by atoms with Crippen LogP contribution in [0.25, 0.3) is 0 Å². The smallest absolute Gasteiger partial charge is 0.262 e. The molecule has 6 heteroatoms. The van der Waals surface area contributed by atoms with E-state index in [-0.39, 0.29) is 5.91 Å². The van der Waals surface area contributed by atoms with E-state index >= 15 is 0 Å². The standard InChI is InChI=1S/C16H15ClFN3O/c1-11(20-14-8-6-13(17)7-9-14)16(22)21-19-10-12-4-2-3-5-15(12)18/h2-11,20H,1H3,(H,21,22)/b19-10-/t11-/m0/s1. The third-order valence-electron chi connectivity index (χ3n) is 2.90. The largest absolute Gasteiger partial charge is 0.374 e. The highest BCUT2D eigenvalue weighted by Crippen LogP contribution is 2.14. The Morgan fingerprint density at radius 1 is 1.23 bits per heavy atom. The molecule has 0 saturated heterocycles. The topological polar surface area (TPSA) is 53.5 Å². The molecular formula is C16H15ClFN3O. The van der Waals surface area contributed by atoms with Crippen LogP contribution in [0.3, 0.4) is 0 Å². The van der Waals surface area contributed by atoms with Gasteiger partial charge in [0.2, 0.25) is 0 Å². The molecule has 0 radical (unpaired) electrons. The summed E-state index contributed by atoms with van der Waals surface area (Å²) in [6, 6.07) is 12.7. The monoisotopic (exact) mass is 319 g/mol. The number of rotatable bonds is 5. The molecule has 0 fully saturated rings. The maximum Gasteiger partial charge on any atom is 0.262 e. The summed E-state index contributed by atoms with van der Waals surface area (Å²) in [5.41, 5.74) is 3.44. The predicted molar refractivity (Wildman–Crippen MR) is 86.7 cm³/mol. The Morgan fingerprint density at radius 2 is 1.91 bits per heavy atom. The lowest BCUT2D eigenvalue weighted by Gasteiger charge is -2.13. The van der Waals surface area contributed by atoms with Crippen molar-refractivity contribution in [3.63, 3.8) is 0 Å². The lowest BCUT2D eigenvalue weighted by molar-refractivity contribution is -0.121. The van der Waals surface area contributed by atoms with E-state index in [1.807, 2.05) is 0 Å². The average Bonchev–Trinajstić information content (AvgIpc) is 2.51. The molecule has 22 heavy (non-hydrogen) atoms. The number of hydrazone groups is 1. The molecule has 0 bridgehead atoms. The first-order valence-electron chi connectivity index (χ1n) is 6.66. The van der Waals surface area contributed by atoms with Crippen molar-refractivity contribution in [1.82, 2.24) is 5.43 Å². The Morgan fingerprint density at radius 3 is 2.59 bits per heavy atom. The van der Waals surface area contributed by atoms with Gasteiger partial charge in [0.15, 0.2) is 0 Å². The SMILES string of the molecule is C[C@H](Nc1ccc(Cl)cc1)C(=O)N/N=C\c1ccccc1F. The summed E-state index contributed by atoms with van der Waals surface area (Å²) in [4.78, 5) is 11.9. The predicted octanol–water partition coefficient (Wildman–Crippen LogP) is 3.43. The van der Waals surface area contributed by atoms with Crippen LogP contribution in [0.15, 0.2) is 53.6 Å². The summed E-state index contributed by atoms with van der Waals surface area (Å²) >= 11 is 5.79. The Bertz CT molecular complexity index is 673. The van der Waals surface area contributed by atoms with Gasteiger partial charge in [-0.2, -0.15) is 5.10 Å². The molecule has 0 aliphatic heterocycles. The van der Waals surface area contributed by atoms with Crippen LogP contribution in [-0.2, 0) is 4.79 Å². The van der Waals surface area contributed by atoms with Gasteiger partial charge in [-0.25, -0.2) is 9.82 Å². The van der Waals surface area contributed by atoms with Gasteiger partial charge in [0, 0.05) is 16.3 Å². The molecule has 0 aromatic heterocycles. The fourth-order valence-electron chi connectivity index (χ4n) is 1.70. The van der Waals surface area contributed by atoms with Crippen LogP contribution in [0.1, 0.15) is 12.5 Å². The van der Waals surface area contributed by atoms with E-state index in [2.05, 4.69) is 15.8 Å². The first-order chi connectivity index (χ1) is 10.6. The lowest BCUT2D eigenvalue weighted by atomic mass is 10.2. The molecule has 2 rings (SSSR count). The lowest BCUT2D eigenvalue weighted by Crippen LogP contribution is -2.34. The van der Waals surface area contributed by atoms with Crippen molar-refractivity contribution in [2.24, 2.45) is 5.10 Å². The van der Waals surface area contributed by atoms with Gasteiger partial charge in [-0.3, -0.25) is 4.79 Å². The number of hydrogen-bond donors (Lipinski definition) is 2. The maximum atomic E-state index is 13.4. The third kappa shape index (κ3) is 4.56. The second kappa shape index (κ2) is 7.56. The number of nitrogens with one attached hydrogen (secondary N) is 2. The summed E-state index contributed by atoms with van der Waals surface area (Å²) < 4.78 is 13.4. The van der Waals surface area contributed by atoms with Gasteiger partial charge in [0.05, 0.1) is 6.21 Å². The molecule has 0 aliphatic carbocycles. The quantitative estimate of drug-likeness (QED) is 0.655. The van der Waals surface area contributed by atoms with Gasteiger partial charge in [-0.15, -0.1) is 0 Å². The Balaban J connectivity index is 1.89. The third-order valence-corrected chi connectivity index (χ3v) is 3.16. The number of benzene rings is 2. The van der Waals surface area contributed by atoms with Crippen LogP contribution in [-0.4, -0.2) is 18.2 Å². The fourth-order valence-corrected chi connectivity index (χ4v) is 1.83. The highest BCUT2D eigenvalue weighted by molar-refractivity contribution is 6.30. The van der Waals surface area contributed by atoms with E-state index in [1.165, 1.54) is 12.3 Å². The zero-order chi connectivity index (χ0) is 15.9. The first kappa shape index (κ1) is 16.0. The van der Waals surface area contributed by atoms with Crippen LogP contribution >= 0.6 is 11.6 Å². The minimum absolute atomic E-state index is 0.307. The fraction of sp³-hybridized carbons (Fsp3) is 0.125. The van der Waals surface area contributed by atoms with Crippen LogP contribution in [0.2, 0.25) is 5.02 Å². The van der Waals surface area contributed by atoms with E-state index in [4.69, 9.17) is 11.6 Å². The zero-order valence-corrected chi connectivity index (χ0v) is 12.6. The molecule has 1 atom stereocenters. The molecule has 4 nitrogen and oxygen atoms in total. The summed E-state index contributed by atoms with van der Waals surface area (Å²) in [6.07, 6.45) is 1.27. The number of anilines is 1. The molecule has 0 aliphatic rings. The number of carbonyl (C=O) groups is 1. The van der Waals surface area contributed by atoms with Crippen LogP contribution < -0.4 is 10.7 Å². The molecule has 2 aromatic carbocycles. The molecule has 0 saturated carbocycles. The zero-order valence-electron chi connectivity index (χ0n) is 11.9. The molecular weight excluding hydrogens is 305 g/mol. The van der Waals surface area contributed by atoms with E-state index in [9.17, 15) is 9.18 Å². The Kier molecular flexibility index (Phi) is 5.49. The van der Waals surface area contributed by atoms with Gasteiger partial charge in [0.1, 0.15) is 11.9 Å². The molecule has 0 spiro atoms. The van der Waals surface area contributed by atoms with Crippen molar-refractivity contribution in [2.45, 2.75) is 13.0 Å². The summed E-state index contributed by atoms with van der Waals surface area (Å²) in [6.45, 7) is 1.70. The molecule has 0 unspecified atom stereocenters. The van der Waals surface area contributed by atoms with Crippen molar-refractivity contribution >= 4 is 29.4 Å². The van der Waals surface area contributed by atoms with Crippen molar-refractivity contribution in [1.29, 1.82) is 0 Å². The van der Waals surface area contributed by atoms with Crippen molar-refractivity contribution < 1.29 is 9.18 Å². The number of carbonyl (C=O) groups excluding carboxylic acids is 1. The van der Waals surface area contributed by atoms with E-state index in [1.54, 1.807) is 49.4 Å². The molecule has 1 amide bonds. The van der Waals surface area contributed by atoms with Gasteiger partial charge >= 0.3 is 0 Å².